The lowest BCUT2D eigenvalue weighted by Crippen LogP contribution is -2.36. The monoisotopic (exact) mass is 476 g/mol. The van der Waals surface area contributed by atoms with E-state index in [1.54, 1.807) is 12.3 Å². The average Bonchev–Trinajstić information content (AvgIpc) is 3.02. The van der Waals surface area contributed by atoms with Crippen LogP contribution in [-0.4, -0.2) is 22.6 Å². The molecule has 0 aliphatic heterocycles. The number of hydrogen-bond donors (Lipinski definition) is 3. The summed E-state index contributed by atoms with van der Waals surface area (Å²) >= 11 is 0. The van der Waals surface area contributed by atoms with Crippen LogP contribution in [0.25, 0.3) is 0 Å². The van der Waals surface area contributed by atoms with Crippen molar-refractivity contribution in [1.82, 2.24) is 15.6 Å². The van der Waals surface area contributed by atoms with Crippen molar-refractivity contribution in [2.24, 2.45) is 4.99 Å². The molecule has 8 heteroatoms. The maximum atomic E-state index is 13.4. The number of aromatic nitrogens is 1. The molecule has 0 bridgehead atoms. The summed E-state index contributed by atoms with van der Waals surface area (Å²) in [5.74, 6) is 0.958. The van der Waals surface area contributed by atoms with E-state index in [2.05, 4.69) is 41.4 Å². The first-order chi connectivity index (χ1) is 11.8. The Balaban J connectivity index is 0.00000338. The van der Waals surface area contributed by atoms with Gasteiger partial charge in [0.2, 0.25) is 5.89 Å². The molecule has 1 heterocycles. The van der Waals surface area contributed by atoms with Crippen LogP contribution in [0.2, 0.25) is 0 Å². The number of nitrogens with zero attached hydrogens (tertiary/aromatic N) is 2. The number of hydrogen-bond acceptors (Lipinski definition) is 4. The van der Waals surface area contributed by atoms with Crippen molar-refractivity contribution in [3.05, 3.63) is 47.4 Å². The maximum absolute atomic E-state index is 13.4. The van der Waals surface area contributed by atoms with Gasteiger partial charge in [0, 0.05) is 12.0 Å². The second-order valence-electron chi connectivity index (χ2n) is 6.70. The highest BCUT2D eigenvalue weighted by Crippen LogP contribution is 2.22. The minimum Gasteiger partial charge on any atom is -0.505 e. The standard InChI is InChI=1S/C18H25FN4O2.HI/c1-5-20-17(22-9-12-6-7-14(24)13(19)8-12)23-11-16-21-10-15(25-16)18(2,3)4;/h6-8,10,24H,5,9,11H2,1-4H3,(H2,20,22,23);1H. The summed E-state index contributed by atoms with van der Waals surface area (Å²) in [6.45, 7) is 9.51. The van der Waals surface area contributed by atoms with E-state index >= 15 is 0 Å². The zero-order chi connectivity index (χ0) is 18.4. The Morgan fingerprint density at radius 3 is 2.62 bits per heavy atom. The third-order valence-electron chi connectivity index (χ3n) is 3.48. The largest absolute Gasteiger partial charge is 0.505 e. The van der Waals surface area contributed by atoms with Crippen LogP contribution in [0, 0.1) is 5.82 Å². The van der Waals surface area contributed by atoms with E-state index in [4.69, 9.17) is 4.42 Å². The predicted molar refractivity (Wildman–Crippen MR) is 110 cm³/mol. The Bertz CT molecular complexity index is 741. The van der Waals surface area contributed by atoms with Gasteiger partial charge in [-0.2, -0.15) is 0 Å². The average molecular weight is 476 g/mol. The van der Waals surface area contributed by atoms with Crippen LogP contribution in [0.4, 0.5) is 4.39 Å². The van der Waals surface area contributed by atoms with Crippen LogP contribution >= 0.6 is 24.0 Å². The van der Waals surface area contributed by atoms with E-state index < -0.39 is 5.82 Å². The lowest BCUT2D eigenvalue weighted by molar-refractivity contribution is 0.379. The smallest absolute Gasteiger partial charge is 0.213 e. The molecule has 2 aromatic rings. The molecule has 0 fully saturated rings. The van der Waals surface area contributed by atoms with Gasteiger partial charge in [0.25, 0.3) is 0 Å². The third kappa shape index (κ3) is 6.47. The molecule has 26 heavy (non-hydrogen) atoms. The molecule has 1 aromatic heterocycles. The molecular weight excluding hydrogens is 450 g/mol. The Morgan fingerprint density at radius 1 is 1.31 bits per heavy atom. The van der Waals surface area contributed by atoms with Crippen LogP contribution in [0.3, 0.4) is 0 Å². The lowest BCUT2D eigenvalue weighted by atomic mass is 9.94. The molecule has 1 aromatic carbocycles. The zero-order valence-electron chi connectivity index (χ0n) is 15.5. The van der Waals surface area contributed by atoms with E-state index in [0.717, 1.165) is 5.76 Å². The maximum Gasteiger partial charge on any atom is 0.213 e. The number of rotatable bonds is 5. The van der Waals surface area contributed by atoms with Crippen LogP contribution in [0.15, 0.2) is 33.8 Å². The molecule has 0 saturated heterocycles. The van der Waals surface area contributed by atoms with E-state index in [9.17, 15) is 9.50 Å². The van der Waals surface area contributed by atoms with Crippen molar-refractivity contribution in [1.29, 1.82) is 0 Å². The number of aromatic hydroxyl groups is 1. The first-order valence-electron chi connectivity index (χ1n) is 8.24. The van der Waals surface area contributed by atoms with Crippen molar-refractivity contribution in [3.63, 3.8) is 0 Å². The Hall–Kier alpha value is -1.84. The number of oxazole rings is 1. The summed E-state index contributed by atoms with van der Waals surface area (Å²) in [6, 6.07) is 4.22. The van der Waals surface area contributed by atoms with E-state index in [0.29, 0.717) is 30.5 Å². The molecule has 144 valence electrons. The summed E-state index contributed by atoms with van der Waals surface area (Å²) in [7, 11) is 0. The van der Waals surface area contributed by atoms with Gasteiger partial charge < -0.3 is 20.2 Å². The number of nitrogens with one attached hydrogen (secondary N) is 2. The topological polar surface area (TPSA) is 82.7 Å². The highest BCUT2D eigenvalue weighted by Gasteiger charge is 2.19. The Labute approximate surface area is 170 Å². The van der Waals surface area contributed by atoms with Gasteiger partial charge in [-0.15, -0.1) is 24.0 Å². The van der Waals surface area contributed by atoms with Gasteiger partial charge in [-0.1, -0.05) is 26.8 Å². The van der Waals surface area contributed by atoms with Crippen LogP contribution in [-0.2, 0) is 18.5 Å². The minimum atomic E-state index is -0.653. The number of guanidine groups is 1. The second-order valence-corrected chi connectivity index (χ2v) is 6.70. The number of phenols is 1. The summed E-state index contributed by atoms with van der Waals surface area (Å²) in [4.78, 5) is 8.67. The summed E-state index contributed by atoms with van der Waals surface area (Å²) in [6.07, 6.45) is 1.74. The van der Waals surface area contributed by atoms with Crippen molar-refractivity contribution < 1.29 is 13.9 Å². The van der Waals surface area contributed by atoms with Crippen molar-refractivity contribution in [3.8, 4) is 5.75 Å². The van der Waals surface area contributed by atoms with E-state index in [-0.39, 0.29) is 41.7 Å². The van der Waals surface area contributed by atoms with Crippen LogP contribution < -0.4 is 10.6 Å². The van der Waals surface area contributed by atoms with Crippen LogP contribution in [0.5, 0.6) is 5.75 Å². The molecule has 0 spiro atoms. The zero-order valence-corrected chi connectivity index (χ0v) is 17.8. The van der Waals surface area contributed by atoms with Crippen molar-refractivity contribution >= 4 is 29.9 Å². The fraction of sp³-hybridized carbons (Fsp3) is 0.444. The quantitative estimate of drug-likeness (QED) is 0.349. The molecule has 0 aliphatic carbocycles. The van der Waals surface area contributed by atoms with Gasteiger partial charge in [0.05, 0.1) is 19.3 Å². The summed E-state index contributed by atoms with van der Waals surface area (Å²) in [5, 5.41) is 15.5. The fourth-order valence-electron chi connectivity index (χ4n) is 2.06. The van der Waals surface area contributed by atoms with Gasteiger partial charge >= 0.3 is 0 Å². The molecule has 6 nitrogen and oxygen atoms in total. The van der Waals surface area contributed by atoms with E-state index in [1.807, 2.05) is 6.92 Å². The summed E-state index contributed by atoms with van der Waals surface area (Å²) < 4.78 is 19.1. The van der Waals surface area contributed by atoms with Gasteiger partial charge in [-0.25, -0.2) is 14.4 Å². The third-order valence-corrected chi connectivity index (χ3v) is 3.48. The fourth-order valence-corrected chi connectivity index (χ4v) is 2.06. The number of benzene rings is 1. The van der Waals surface area contributed by atoms with E-state index in [1.165, 1.54) is 12.1 Å². The van der Waals surface area contributed by atoms with Crippen molar-refractivity contribution in [2.45, 2.75) is 46.2 Å². The first kappa shape index (κ1) is 22.2. The molecule has 3 N–H and O–H groups in total. The number of halogens is 2. The number of phenolic OH excluding ortho intramolecular Hbond substituents is 1. The van der Waals surface area contributed by atoms with Gasteiger partial charge in [-0.05, 0) is 24.6 Å². The highest BCUT2D eigenvalue weighted by molar-refractivity contribution is 14.0. The minimum absolute atomic E-state index is 0. The van der Waals surface area contributed by atoms with Crippen molar-refractivity contribution in [2.75, 3.05) is 6.54 Å². The first-order valence-corrected chi connectivity index (χ1v) is 8.24. The van der Waals surface area contributed by atoms with Gasteiger partial charge in [0.15, 0.2) is 17.5 Å². The molecule has 0 aliphatic rings. The summed E-state index contributed by atoms with van der Waals surface area (Å²) in [5.41, 5.74) is 0.575. The van der Waals surface area contributed by atoms with Gasteiger partial charge in [0.1, 0.15) is 5.76 Å². The molecule has 0 radical (unpaired) electrons. The molecule has 0 amide bonds. The molecular formula is C18H26FIN4O2. The second kappa shape index (κ2) is 9.75. The molecule has 0 unspecified atom stereocenters. The van der Waals surface area contributed by atoms with Crippen LogP contribution in [0.1, 0.15) is 44.9 Å². The van der Waals surface area contributed by atoms with Gasteiger partial charge in [-0.3, -0.25) is 0 Å². The molecule has 2 rings (SSSR count). The normalized spacial score (nSPS) is 11.8. The molecule has 0 saturated carbocycles. The SMILES string of the molecule is CCNC(=NCc1ccc(O)c(F)c1)NCc1ncc(C(C)(C)C)o1.I. The number of aliphatic imine (C=N–C) groups is 1. The predicted octanol–water partition coefficient (Wildman–Crippen LogP) is 3.69. The molecule has 0 atom stereocenters. The Morgan fingerprint density at radius 2 is 2.04 bits per heavy atom. The lowest BCUT2D eigenvalue weighted by Gasteiger charge is -2.13. The highest BCUT2D eigenvalue weighted by atomic mass is 127. The Kier molecular flexibility index (Phi) is 8.32.